The van der Waals surface area contributed by atoms with Crippen LogP contribution in [0.15, 0.2) is 48.7 Å². The van der Waals surface area contributed by atoms with E-state index in [2.05, 4.69) is 10.3 Å². The van der Waals surface area contributed by atoms with E-state index in [9.17, 15) is 9.59 Å². The van der Waals surface area contributed by atoms with E-state index in [0.29, 0.717) is 10.7 Å². The first-order chi connectivity index (χ1) is 13.0. The van der Waals surface area contributed by atoms with E-state index in [4.69, 9.17) is 27.9 Å². The molecule has 0 aliphatic carbocycles. The number of thiophene rings is 1. The minimum absolute atomic E-state index is 0.156. The lowest BCUT2D eigenvalue weighted by Crippen LogP contribution is -2.29. The zero-order valence-corrected chi connectivity index (χ0v) is 16.4. The summed E-state index contributed by atoms with van der Waals surface area (Å²) in [6.07, 6.45) is 3.33. The number of benzene rings is 1. The first-order valence-electron chi connectivity index (χ1n) is 7.93. The van der Waals surface area contributed by atoms with Gasteiger partial charge < -0.3 is 10.1 Å². The molecule has 1 aromatic carbocycles. The van der Waals surface area contributed by atoms with E-state index < -0.39 is 18.0 Å². The highest BCUT2D eigenvalue weighted by atomic mass is 35.5. The van der Waals surface area contributed by atoms with Gasteiger partial charge in [0.1, 0.15) is 0 Å². The number of rotatable bonds is 5. The van der Waals surface area contributed by atoms with Crippen molar-refractivity contribution in [2.45, 2.75) is 13.0 Å². The Hall–Kier alpha value is -2.41. The summed E-state index contributed by atoms with van der Waals surface area (Å²) in [5, 5.41) is 4.23. The number of hydrogen-bond acceptors (Lipinski definition) is 5. The summed E-state index contributed by atoms with van der Waals surface area (Å²) in [6, 6.07) is 10.9. The fourth-order valence-corrected chi connectivity index (χ4v) is 3.83. The molecule has 2 aromatic heterocycles. The van der Waals surface area contributed by atoms with Crippen molar-refractivity contribution in [3.8, 4) is 0 Å². The van der Waals surface area contributed by atoms with Crippen LogP contribution in [0.2, 0.25) is 10.2 Å². The van der Waals surface area contributed by atoms with Crippen LogP contribution in [-0.4, -0.2) is 23.0 Å². The summed E-state index contributed by atoms with van der Waals surface area (Å²) < 4.78 is 6.14. The van der Waals surface area contributed by atoms with Gasteiger partial charge in [-0.05, 0) is 31.2 Å². The van der Waals surface area contributed by atoms with Crippen LogP contribution in [0.25, 0.3) is 16.2 Å². The number of aromatic nitrogens is 1. The fraction of sp³-hybridized carbons (Fsp3) is 0.105. The predicted molar refractivity (Wildman–Crippen MR) is 109 cm³/mol. The lowest BCUT2D eigenvalue weighted by molar-refractivity contribution is -0.148. The van der Waals surface area contributed by atoms with Gasteiger partial charge in [-0.2, -0.15) is 0 Å². The summed E-state index contributed by atoms with van der Waals surface area (Å²) >= 11 is 13.7. The van der Waals surface area contributed by atoms with Crippen LogP contribution in [0.3, 0.4) is 0 Å². The maximum Gasteiger partial charge on any atom is 0.331 e. The number of nitrogens with zero attached hydrogens (tertiary/aromatic N) is 1. The maximum absolute atomic E-state index is 12.1. The third-order valence-corrected chi connectivity index (χ3v) is 5.57. The quantitative estimate of drug-likeness (QED) is 0.350. The Balaban J connectivity index is 1.62. The Morgan fingerprint density at radius 3 is 2.74 bits per heavy atom. The molecule has 0 saturated heterocycles. The van der Waals surface area contributed by atoms with Gasteiger partial charge in [-0.15, -0.1) is 11.3 Å². The summed E-state index contributed by atoms with van der Waals surface area (Å²) in [5.74, 6) is -1.16. The Bertz CT molecular complexity index is 1030. The molecule has 27 heavy (non-hydrogen) atoms. The number of hydrogen-bond donors (Lipinski definition) is 1. The summed E-state index contributed by atoms with van der Waals surface area (Å²) in [4.78, 5) is 28.7. The van der Waals surface area contributed by atoms with Crippen molar-refractivity contribution in [2.75, 3.05) is 5.32 Å². The molecular formula is C19H14Cl2N2O3S. The van der Waals surface area contributed by atoms with Crippen molar-refractivity contribution < 1.29 is 14.3 Å². The number of carbonyl (C=O) groups excluding carboxylic acids is 2. The number of fused-ring (bicyclic) bond motifs is 1. The van der Waals surface area contributed by atoms with Crippen LogP contribution in [0.4, 0.5) is 5.69 Å². The molecule has 0 saturated carbocycles. The number of esters is 1. The second kappa shape index (κ2) is 8.52. The van der Waals surface area contributed by atoms with Gasteiger partial charge in [-0.1, -0.05) is 41.4 Å². The van der Waals surface area contributed by atoms with Gasteiger partial charge >= 0.3 is 5.97 Å². The number of carbonyl (C=O) groups is 2. The number of nitrogens with one attached hydrogen (secondary N) is 1. The molecule has 138 valence electrons. The van der Waals surface area contributed by atoms with Gasteiger partial charge in [-0.3, -0.25) is 4.79 Å². The maximum atomic E-state index is 12.1. The van der Waals surface area contributed by atoms with Crippen molar-refractivity contribution in [3.63, 3.8) is 0 Å². The number of pyridine rings is 1. The van der Waals surface area contributed by atoms with Gasteiger partial charge in [0.15, 0.2) is 11.3 Å². The topological polar surface area (TPSA) is 68.3 Å². The van der Waals surface area contributed by atoms with Gasteiger partial charge in [0.05, 0.1) is 10.7 Å². The molecule has 3 rings (SSSR count). The lowest BCUT2D eigenvalue weighted by Gasteiger charge is -2.12. The van der Waals surface area contributed by atoms with Gasteiger partial charge in [0, 0.05) is 27.2 Å². The fourth-order valence-electron chi connectivity index (χ4n) is 2.26. The van der Waals surface area contributed by atoms with Crippen LogP contribution in [0.1, 0.15) is 11.8 Å². The third kappa shape index (κ3) is 4.66. The largest absolute Gasteiger partial charge is 0.449 e. The van der Waals surface area contributed by atoms with Gasteiger partial charge in [0.2, 0.25) is 0 Å². The molecule has 0 fully saturated rings. The number of amides is 1. The molecule has 0 aliphatic rings. The van der Waals surface area contributed by atoms with E-state index >= 15 is 0 Å². The minimum Gasteiger partial charge on any atom is -0.449 e. The van der Waals surface area contributed by atoms with Crippen molar-refractivity contribution in [2.24, 2.45) is 0 Å². The van der Waals surface area contributed by atoms with E-state index in [-0.39, 0.29) is 5.15 Å². The second-order valence-corrected chi connectivity index (χ2v) is 7.34. The van der Waals surface area contributed by atoms with Crippen molar-refractivity contribution in [1.82, 2.24) is 4.98 Å². The molecule has 5 nitrogen and oxygen atoms in total. The van der Waals surface area contributed by atoms with Gasteiger partial charge in [0.25, 0.3) is 5.91 Å². The molecule has 3 aromatic rings. The molecule has 1 N–H and O–H groups in total. The molecule has 0 bridgehead atoms. The molecule has 1 unspecified atom stereocenters. The molecule has 0 radical (unpaired) electrons. The summed E-state index contributed by atoms with van der Waals surface area (Å²) in [5.41, 5.74) is 0.347. The van der Waals surface area contributed by atoms with E-state index in [1.807, 2.05) is 24.3 Å². The molecule has 1 amide bonds. The SMILES string of the molecule is CC(OC(=O)/C=C/c1sc2ccccc2c1Cl)C(=O)Nc1cccnc1Cl. The molecule has 8 heteroatoms. The summed E-state index contributed by atoms with van der Waals surface area (Å²) in [6.45, 7) is 1.47. The monoisotopic (exact) mass is 420 g/mol. The highest BCUT2D eigenvalue weighted by Crippen LogP contribution is 2.35. The van der Waals surface area contributed by atoms with Crippen LogP contribution < -0.4 is 5.32 Å². The first kappa shape index (κ1) is 19.4. The Morgan fingerprint density at radius 1 is 1.22 bits per heavy atom. The van der Waals surface area contributed by atoms with Crippen LogP contribution in [0.5, 0.6) is 0 Å². The van der Waals surface area contributed by atoms with Crippen molar-refractivity contribution >= 4 is 68.3 Å². The normalized spacial score (nSPS) is 12.3. The zero-order chi connectivity index (χ0) is 19.4. The average molecular weight is 421 g/mol. The van der Waals surface area contributed by atoms with Gasteiger partial charge in [-0.25, -0.2) is 9.78 Å². The Morgan fingerprint density at radius 2 is 2.00 bits per heavy atom. The number of anilines is 1. The van der Waals surface area contributed by atoms with Crippen LogP contribution in [0, 0.1) is 0 Å². The predicted octanol–water partition coefficient (Wildman–Crippen LogP) is 5.19. The van der Waals surface area contributed by atoms with Crippen molar-refractivity contribution in [1.29, 1.82) is 0 Å². The average Bonchev–Trinajstić information content (AvgIpc) is 2.98. The second-order valence-electron chi connectivity index (χ2n) is 5.52. The highest BCUT2D eigenvalue weighted by molar-refractivity contribution is 7.20. The minimum atomic E-state index is -1.00. The molecular weight excluding hydrogens is 407 g/mol. The molecule has 0 spiro atoms. The van der Waals surface area contributed by atoms with Crippen LogP contribution in [-0.2, 0) is 14.3 Å². The highest BCUT2D eigenvalue weighted by Gasteiger charge is 2.18. The zero-order valence-electron chi connectivity index (χ0n) is 14.1. The summed E-state index contributed by atoms with van der Waals surface area (Å²) in [7, 11) is 0. The van der Waals surface area contributed by atoms with E-state index in [1.54, 1.807) is 18.2 Å². The number of ether oxygens (including phenoxy) is 1. The molecule has 1 atom stereocenters. The Labute approximate surface area is 169 Å². The third-order valence-electron chi connectivity index (χ3n) is 3.61. The van der Waals surface area contributed by atoms with Crippen molar-refractivity contribution in [3.05, 3.63) is 63.7 Å². The first-order valence-corrected chi connectivity index (χ1v) is 9.50. The van der Waals surface area contributed by atoms with Crippen LogP contribution >= 0.6 is 34.5 Å². The molecule has 2 heterocycles. The van der Waals surface area contributed by atoms with E-state index in [0.717, 1.165) is 15.0 Å². The standard InChI is InChI=1S/C19H14Cl2N2O3S/c1-11(19(25)23-13-6-4-10-22-18(13)21)26-16(24)9-8-15-17(20)12-5-2-3-7-14(12)27-15/h2-11H,1H3,(H,23,25)/b9-8+. The smallest absolute Gasteiger partial charge is 0.331 e. The molecule has 0 aliphatic heterocycles. The van der Waals surface area contributed by atoms with E-state index in [1.165, 1.54) is 30.5 Å². The Kier molecular flexibility index (Phi) is 6.11. The lowest BCUT2D eigenvalue weighted by atomic mass is 10.2. The number of halogens is 2.